The smallest absolute Gasteiger partial charge is 0.254 e. The molecule has 1 amide bonds. The molecular weight excluding hydrogens is 340 g/mol. The van der Waals surface area contributed by atoms with Crippen LogP contribution in [0.3, 0.4) is 0 Å². The van der Waals surface area contributed by atoms with E-state index in [2.05, 4.69) is 10.1 Å². The summed E-state index contributed by atoms with van der Waals surface area (Å²) >= 11 is 0. The van der Waals surface area contributed by atoms with E-state index in [1.165, 1.54) is 25.7 Å². The predicted octanol–water partition coefficient (Wildman–Crippen LogP) is 4.67. The molecule has 2 heterocycles. The number of rotatable bonds is 4. The van der Waals surface area contributed by atoms with Gasteiger partial charge in [0.05, 0.1) is 11.3 Å². The molecule has 2 aromatic rings. The minimum absolute atomic E-state index is 0.148. The number of ether oxygens (including phenoxy) is 1. The molecule has 1 saturated carbocycles. The van der Waals surface area contributed by atoms with Crippen LogP contribution in [0.1, 0.15) is 65.9 Å². The minimum atomic E-state index is 0.148. The van der Waals surface area contributed by atoms with Crippen LogP contribution in [0.5, 0.6) is 5.75 Å². The Balaban J connectivity index is 1.47. The van der Waals surface area contributed by atoms with E-state index >= 15 is 0 Å². The van der Waals surface area contributed by atoms with E-state index in [-0.39, 0.29) is 5.91 Å². The average molecular weight is 368 g/mol. The number of nitrogens with zero attached hydrogens (tertiary/aromatic N) is 2. The SMILES string of the molecule is Cc1noc(C)c1COc1cccc(C(=O)N2CCCC3CCCCC32)c1. The lowest BCUT2D eigenvalue weighted by molar-refractivity contribution is 0.0390. The molecule has 0 N–H and O–H groups in total. The Morgan fingerprint density at radius 1 is 1.22 bits per heavy atom. The van der Waals surface area contributed by atoms with Gasteiger partial charge in [-0.3, -0.25) is 4.79 Å². The van der Waals surface area contributed by atoms with Gasteiger partial charge in [0, 0.05) is 18.2 Å². The fourth-order valence-electron chi connectivity index (χ4n) is 4.63. The van der Waals surface area contributed by atoms with Crippen LogP contribution in [0, 0.1) is 19.8 Å². The van der Waals surface area contributed by atoms with Crippen molar-refractivity contribution in [1.82, 2.24) is 10.1 Å². The molecule has 144 valence electrons. The van der Waals surface area contributed by atoms with Crippen molar-refractivity contribution in [2.75, 3.05) is 6.54 Å². The van der Waals surface area contributed by atoms with E-state index in [0.29, 0.717) is 24.3 Å². The number of aromatic nitrogens is 1. The van der Waals surface area contributed by atoms with Crippen LogP contribution in [0.2, 0.25) is 0 Å². The topological polar surface area (TPSA) is 55.6 Å². The summed E-state index contributed by atoms with van der Waals surface area (Å²) in [6.45, 7) is 5.07. The number of amides is 1. The number of carbonyl (C=O) groups is 1. The summed E-state index contributed by atoms with van der Waals surface area (Å²) in [6.07, 6.45) is 7.37. The zero-order valence-electron chi connectivity index (χ0n) is 16.2. The fraction of sp³-hybridized carbons (Fsp3) is 0.545. The van der Waals surface area contributed by atoms with E-state index in [4.69, 9.17) is 9.26 Å². The molecule has 1 aromatic heterocycles. The summed E-state index contributed by atoms with van der Waals surface area (Å²) in [6, 6.07) is 7.99. The van der Waals surface area contributed by atoms with Crippen molar-refractivity contribution in [1.29, 1.82) is 0 Å². The molecule has 0 bridgehead atoms. The van der Waals surface area contributed by atoms with Crippen LogP contribution in [-0.2, 0) is 6.61 Å². The third-order valence-electron chi connectivity index (χ3n) is 6.15. The summed E-state index contributed by atoms with van der Waals surface area (Å²) in [5.41, 5.74) is 2.53. The lowest BCUT2D eigenvalue weighted by Gasteiger charge is -2.44. The van der Waals surface area contributed by atoms with Gasteiger partial charge >= 0.3 is 0 Å². The van der Waals surface area contributed by atoms with Gasteiger partial charge in [0.15, 0.2) is 0 Å². The zero-order chi connectivity index (χ0) is 18.8. The minimum Gasteiger partial charge on any atom is -0.489 e. The second-order valence-electron chi connectivity index (χ2n) is 7.87. The van der Waals surface area contributed by atoms with Crippen molar-refractivity contribution in [2.24, 2.45) is 5.92 Å². The van der Waals surface area contributed by atoms with Gasteiger partial charge in [-0.05, 0) is 63.6 Å². The Hall–Kier alpha value is -2.30. The maximum Gasteiger partial charge on any atom is 0.254 e. The predicted molar refractivity (Wildman–Crippen MR) is 103 cm³/mol. The molecule has 5 heteroatoms. The first-order chi connectivity index (χ1) is 13.1. The number of hydrogen-bond donors (Lipinski definition) is 0. The molecule has 0 spiro atoms. The molecule has 2 unspecified atom stereocenters. The highest BCUT2D eigenvalue weighted by molar-refractivity contribution is 5.95. The normalized spacial score (nSPS) is 22.4. The van der Waals surface area contributed by atoms with Crippen LogP contribution in [0.15, 0.2) is 28.8 Å². The first-order valence-electron chi connectivity index (χ1n) is 10.1. The molecule has 27 heavy (non-hydrogen) atoms. The summed E-state index contributed by atoms with van der Waals surface area (Å²) < 4.78 is 11.1. The number of benzene rings is 1. The van der Waals surface area contributed by atoms with Gasteiger partial charge in [-0.2, -0.15) is 0 Å². The van der Waals surface area contributed by atoms with E-state index < -0.39 is 0 Å². The molecule has 1 aliphatic carbocycles. The second-order valence-corrected chi connectivity index (χ2v) is 7.87. The highest BCUT2D eigenvalue weighted by atomic mass is 16.5. The second kappa shape index (κ2) is 7.75. The Labute approximate surface area is 160 Å². The molecule has 1 saturated heterocycles. The number of fused-ring (bicyclic) bond motifs is 1. The van der Waals surface area contributed by atoms with Gasteiger partial charge in [0.1, 0.15) is 18.1 Å². The van der Waals surface area contributed by atoms with Gasteiger partial charge in [0.25, 0.3) is 5.91 Å². The van der Waals surface area contributed by atoms with Crippen molar-refractivity contribution >= 4 is 5.91 Å². The number of hydrogen-bond acceptors (Lipinski definition) is 4. The molecule has 2 aliphatic rings. The van der Waals surface area contributed by atoms with Crippen molar-refractivity contribution in [3.63, 3.8) is 0 Å². The van der Waals surface area contributed by atoms with Gasteiger partial charge in [0.2, 0.25) is 0 Å². The Morgan fingerprint density at radius 2 is 2.04 bits per heavy atom. The average Bonchev–Trinajstić information content (AvgIpc) is 3.03. The zero-order valence-corrected chi connectivity index (χ0v) is 16.2. The number of piperidine rings is 1. The van der Waals surface area contributed by atoms with Gasteiger partial charge < -0.3 is 14.2 Å². The van der Waals surface area contributed by atoms with E-state index in [1.54, 1.807) is 0 Å². The van der Waals surface area contributed by atoms with Crippen molar-refractivity contribution in [3.05, 3.63) is 46.8 Å². The first kappa shape index (κ1) is 18.1. The molecular formula is C22H28N2O3. The molecule has 0 radical (unpaired) electrons. The summed E-state index contributed by atoms with van der Waals surface area (Å²) in [4.78, 5) is 15.3. The van der Waals surface area contributed by atoms with Gasteiger partial charge in [-0.15, -0.1) is 0 Å². The highest BCUT2D eigenvalue weighted by Crippen LogP contribution is 2.36. The third kappa shape index (κ3) is 3.73. The van der Waals surface area contributed by atoms with Crippen LogP contribution >= 0.6 is 0 Å². The van der Waals surface area contributed by atoms with E-state index in [0.717, 1.165) is 42.0 Å². The summed E-state index contributed by atoms with van der Waals surface area (Å²) in [5, 5.41) is 3.96. The molecule has 2 fully saturated rings. The highest BCUT2D eigenvalue weighted by Gasteiger charge is 2.36. The molecule has 2 atom stereocenters. The monoisotopic (exact) mass is 368 g/mol. The Kier molecular flexibility index (Phi) is 5.19. The van der Waals surface area contributed by atoms with Crippen molar-refractivity contribution in [3.8, 4) is 5.75 Å². The number of aryl methyl sites for hydroxylation is 2. The fourth-order valence-corrected chi connectivity index (χ4v) is 4.63. The quantitative estimate of drug-likeness (QED) is 0.787. The Bertz CT molecular complexity index is 792. The largest absolute Gasteiger partial charge is 0.489 e. The van der Waals surface area contributed by atoms with Crippen LogP contribution in [0.25, 0.3) is 0 Å². The Morgan fingerprint density at radius 3 is 2.85 bits per heavy atom. The maximum atomic E-state index is 13.2. The number of carbonyl (C=O) groups excluding carboxylic acids is 1. The summed E-state index contributed by atoms with van der Waals surface area (Å²) in [7, 11) is 0. The van der Waals surface area contributed by atoms with Crippen LogP contribution < -0.4 is 4.74 Å². The lowest BCUT2D eigenvalue weighted by Crippen LogP contribution is -2.49. The lowest BCUT2D eigenvalue weighted by atomic mass is 9.78. The standard InChI is InChI=1S/C22H28N2O3/c1-15-20(16(2)27-23-15)14-26-19-10-5-8-18(13-19)22(25)24-12-6-9-17-7-3-4-11-21(17)24/h5,8,10,13,17,21H,3-4,6-7,9,11-12,14H2,1-2H3. The maximum absolute atomic E-state index is 13.2. The van der Waals surface area contributed by atoms with E-state index in [9.17, 15) is 4.79 Å². The number of likely N-dealkylation sites (tertiary alicyclic amines) is 1. The van der Waals surface area contributed by atoms with E-state index in [1.807, 2.05) is 38.1 Å². The van der Waals surface area contributed by atoms with Gasteiger partial charge in [-0.25, -0.2) is 0 Å². The van der Waals surface area contributed by atoms with Crippen molar-refractivity contribution in [2.45, 2.75) is 65.0 Å². The molecule has 1 aromatic carbocycles. The molecule has 1 aliphatic heterocycles. The van der Waals surface area contributed by atoms with Crippen LogP contribution in [0.4, 0.5) is 0 Å². The molecule has 5 nitrogen and oxygen atoms in total. The van der Waals surface area contributed by atoms with Gasteiger partial charge in [-0.1, -0.05) is 24.1 Å². The first-order valence-corrected chi connectivity index (χ1v) is 10.1. The summed E-state index contributed by atoms with van der Waals surface area (Å²) in [5.74, 6) is 2.32. The molecule has 4 rings (SSSR count). The van der Waals surface area contributed by atoms with Crippen LogP contribution in [-0.4, -0.2) is 28.6 Å². The third-order valence-corrected chi connectivity index (χ3v) is 6.15. The van der Waals surface area contributed by atoms with Crippen molar-refractivity contribution < 1.29 is 14.1 Å².